The van der Waals surface area contributed by atoms with Gasteiger partial charge in [0.1, 0.15) is 0 Å². The van der Waals surface area contributed by atoms with Gasteiger partial charge >= 0.3 is 0 Å². The van der Waals surface area contributed by atoms with Crippen molar-refractivity contribution in [3.05, 3.63) is 28.8 Å². The van der Waals surface area contributed by atoms with Crippen LogP contribution in [0.4, 0.5) is 0 Å². The molecule has 1 aliphatic carbocycles. The Hall–Kier alpha value is -0.940. The number of imidazole rings is 1. The average molecular weight is 281 g/mol. The smallest absolute Gasteiger partial charge is 0.233 e. The maximum atomic E-state index is 6.08. The van der Waals surface area contributed by atoms with Crippen LogP contribution < -0.4 is 5.73 Å². The van der Waals surface area contributed by atoms with E-state index in [1.165, 1.54) is 5.69 Å². The first-order valence-corrected chi connectivity index (χ1v) is 6.22. The summed E-state index contributed by atoms with van der Waals surface area (Å²) >= 11 is 3.42. The third-order valence-corrected chi connectivity index (χ3v) is 3.59. The molecule has 5 heteroatoms. The fourth-order valence-corrected chi connectivity index (χ4v) is 2.18. The molecule has 0 atom stereocenters. The molecule has 16 heavy (non-hydrogen) atoms. The third kappa shape index (κ3) is 1.85. The van der Waals surface area contributed by atoms with Gasteiger partial charge in [-0.05, 0) is 41.6 Å². The molecule has 0 aromatic carbocycles. The van der Waals surface area contributed by atoms with Gasteiger partial charge in [-0.3, -0.25) is 4.40 Å². The molecule has 1 aliphatic rings. The molecular weight excluding hydrogens is 268 g/mol. The molecule has 1 fully saturated rings. The monoisotopic (exact) mass is 280 g/mol. The number of aromatic nitrogens is 3. The summed E-state index contributed by atoms with van der Waals surface area (Å²) in [6.07, 6.45) is 9.97. The van der Waals surface area contributed by atoms with Crippen molar-refractivity contribution in [2.45, 2.75) is 31.2 Å². The van der Waals surface area contributed by atoms with Crippen molar-refractivity contribution in [3.63, 3.8) is 0 Å². The molecule has 84 valence electrons. The molecule has 0 aliphatic heterocycles. The van der Waals surface area contributed by atoms with Gasteiger partial charge in [-0.15, -0.1) is 0 Å². The fourth-order valence-electron chi connectivity index (χ4n) is 1.87. The first kappa shape index (κ1) is 10.2. The average Bonchev–Trinajstić information content (AvgIpc) is 2.87. The maximum Gasteiger partial charge on any atom is 0.233 e. The highest BCUT2D eigenvalue weighted by Gasteiger charge is 2.37. The molecule has 2 aromatic rings. The standard InChI is InChI=1S/C11H13BrN4/c12-8-5-14-10-15-6-9(16(10)7-8)1-2-11(13)3-4-11/h5-7H,1-4,13H2. The Balaban J connectivity index is 1.88. The van der Waals surface area contributed by atoms with Crippen molar-refractivity contribution in [1.29, 1.82) is 0 Å². The Bertz CT molecular complexity index is 530. The number of aryl methyl sites for hydroxylation is 1. The van der Waals surface area contributed by atoms with Crippen LogP contribution in [-0.4, -0.2) is 19.9 Å². The van der Waals surface area contributed by atoms with Gasteiger partial charge in [0.15, 0.2) is 0 Å². The Morgan fingerprint density at radius 2 is 2.12 bits per heavy atom. The second-order valence-electron chi connectivity index (χ2n) is 4.55. The summed E-state index contributed by atoms with van der Waals surface area (Å²) in [5.74, 6) is 0.750. The lowest BCUT2D eigenvalue weighted by Crippen LogP contribution is -2.22. The number of hydrogen-bond donors (Lipinski definition) is 1. The van der Waals surface area contributed by atoms with E-state index in [0.717, 1.165) is 35.9 Å². The molecule has 0 saturated heterocycles. The van der Waals surface area contributed by atoms with Gasteiger partial charge in [-0.2, -0.15) is 0 Å². The van der Waals surface area contributed by atoms with E-state index in [1.54, 1.807) is 6.20 Å². The minimum atomic E-state index is 0.101. The maximum absolute atomic E-state index is 6.08. The summed E-state index contributed by atoms with van der Waals surface area (Å²) in [5, 5.41) is 0. The zero-order valence-corrected chi connectivity index (χ0v) is 10.4. The summed E-state index contributed by atoms with van der Waals surface area (Å²) in [6, 6.07) is 0. The van der Waals surface area contributed by atoms with Gasteiger partial charge in [0, 0.05) is 23.6 Å². The molecule has 4 nitrogen and oxygen atoms in total. The third-order valence-electron chi connectivity index (χ3n) is 3.18. The van der Waals surface area contributed by atoms with E-state index >= 15 is 0 Å². The largest absolute Gasteiger partial charge is 0.325 e. The Morgan fingerprint density at radius 1 is 1.38 bits per heavy atom. The Kier molecular flexibility index (Phi) is 2.26. The van der Waals surface area contributed by atoms with E-state index in [4.69, 9.17) is 5.73 Å². The lowest BCUT2D eigenvalue weighted by Gasteiger charge is -2.07. The lowest BCUT2D eigenvalue weighted by molar-refractivity contribution is 0.601. The first-order chi connectivity index (χ1) is 7.66. The topological polar surface area (TPSA) is 56.2 Å². The van der Waals surface area contributed by atoms with E-state index in [-0.39, 0.29) is 5.54 Å². The minimum Gasteiger partial charge on any atom is -0.325 e. The molecule has 2 N–H and O–H groups in total. The van der Waals surface area contributed by atoms with Crippen molar-refractivity contribution in [2.24, 2.45) is 5.73 Å². The van der Waals surface area contributed by atoms with Crippen LogP contribution >= 0.6 is 15.9 Å². The summed E-state index contributed by atoms with van der Waals surface area (Å²) in [5.41, 5.74) is 7.36. The van der Waals surface area contributed by atoms with Gasteiger partial charge in [-0.1, -0.05) is 0 Å². The normalized spacial score (nSPS) is 17.9. The fraction of sp³-hybridized carbons (Fsp3) is 0.455. The van der Waals surface area contributed by atoms with Gasteiger partial charge < -0.3 is 5.73 Å². The molecule has 3 rings (SSSR count). The lowest BCUT2D eigenvalue weighted by atomic mass is 10.1. The quantitative estimate of drug-likeness (QED) is 0.935. The second-order valence-corrected chi connectivity index (χ2v) is 5.47. The highest BCUT2D eigenvalue weighted by molar-refractivity contribution is 9.10. The van der Waals surface area contributed by atoms with Crippen LogP contribution in [-0.2, 0) is 6.42 Å². The number of nitrogens with zero attached hydrogens (tertiary/aromatic N) is 3. The number of nitrogens with two attached hydrogens (primary N) is 1. The molecule has 2 heterocycles. The SMILES string of the molecule is NC1(CCc2cnc3ncc(Br)cn23)CC1. The van der Waals surface area contributed by atoms with Gasteiger partial charge in [0.05, 0.1) is 10.7 Å². The van der Waals surface area contributed by atoms with Crippen LogP contribution in [0.15, 0.2) is 23.1 Å². The van der Waals surface area contributed by atoms with Crippen LogP contribution in [0, 0.1) is 0 Å². The molecule has 2 aromatic heterocycles. The number of rotatable bonds is 3. The molecule has 0 amide bonds. The molecule has 1 saturated carbocycles. The molecule has 0 unspecified atom stereocenters. The van der Waals surface area contributed by atoms with Crippen LogP contribution in [0.2, 0.25) is 0 Å². The Morgan fingerprint density at radius 3 is 2.88 bits per heavy atom. The van der Waals surface area contributed by atoms with Crippen molar-refractivity contribution in [2.75, 3.05) is 0 Å². The number of hydrogen-bond acceptors (Lipinski definition) is 3. The number of halogens is 1. The zero-order chi connectivity index (χ0) is 11.2. The summed E-state index contributed by atoms with van der Waals surface area (Å²) in [6.45, 7) is 0. The Labute approximate surface area is 102 Å². The van der Waals surface area contributed by atoms with Crippen molar-refractivity contribution >= 4 is 21.7 Å². The van der Waals surface area contributed by atoms with Gasteiger partial charge in [0.25, 0.3) is 0 Å². The highest BCUT2D eigenvalue weighted by Crippen LogP contribution is 2.36. The zero-order valence-electron chi connectivity index (χ0n) is 8.86. The molecule has 0 spiro atoms. The van der Waals surface area contributed by atoms with Crippen LogP contribution in [0.3, 0.4) is 0 Å². The molecule has 0 radical (unpaired) electrons. The first-order valence-electron chi connectivity index (χ1n) is 5.43. The van der Waals surface area contributed by atoms with Crippen molar-refractivity contribution in [1.82, 2.24) is 14.4 Å². The highest BCUT2D eigenvalue weighted by atomic mass is 79.9. The van der Waals surface area contributed by atoms with E-state index in [9.17, 15) is 0 Å². The van der Waals surface area contributed by atoms with E-state index in [2.05, 4.69) is 25.9 Å². The van der Waals surface area contributed by atoms with Crippen LogP contribution in [0.5, 0.6) is 0 Å². The predicted molar refractivity (Wildman–Crippen MR) is 65.2 cm³/mol. The van der Waals surface area contributed by atoms with Gasteiger partial charge in [0.2, 0.25) is 5.78 Å². The number of fused-ring (bicyclic) bond motifs is 1. The van der Waals surface area contributed by atoms with Gasteiger partial charge in [-0.25, -0.2) is 9.97 Å². The van der Waals surface area contributed by atoms with E-state index in [0.29, 0.717) is 0 Å². The van der Waals surface area contributed by atoms with E-state index < -0.39 is 0 Å². The molecule has 0 bridgehead atoms. The molecular formula is C11H13BrN4. The van der Waals surface area contributed by atoms with Crippen LogP contribution in [0.25, 0.3) is 5.78 Å². The summed E-state index contributed by atoms with van der Waals surface area (Å²) in [4.78, 5) is 8.51. The van der Waals surface area contributed by atoms with Crippen molar-refractivity contribution < 1.29 is 0 Å². The van der Waals surface area contributed by atoms with Crippen molar-refractivity contribution in [3.8, 4) is 0 Å². The summed E-state index contributed by atoms with van der Waals surface area (Å²) in [7, 11) is 0. The second kappa shape index (κ2) is 3.53. The predicted octanol–water partition coefficient (Wildman–Crippen LogP) is 1.92. The minimum absolute atomic E-state index is 0.101. The van der Waals surface area contributed by atoms with E-state index in [1.807, 2.05) is 16.8 Å². The van der Waals surface area contributed by atoms with Crippen LogP contribution in [0.1, 0.15) is 25.0 Å². The summed E-state index contributed by atoms with van der Waals surface area (Å²) < 4.78 is 2.99.